The summed E-state index contributed by atoms with van der Waals surface area (Å²) in [6, 6.07) is 32.2. The molecule has 0 aliphatic carbocycles. The van der Waals surface area contributed by atoms with E-state index in [2.05, 4.69) is 23.4 Å². The van der Waals surface area contributed by atoms with Crippen molar-refractivity contribution >= 4 is 32.8 Å². The van der Waals surface area contributed by atoms with Gasteiger partial charge >= 0.3 is 0 Å². The molecule has 3 aromatic heterocycles. The van der Waals surface area contributed by atoms with Gasteiger partial charge in [0.2, 0.25) is 0 Å². The minimum atomic E-state index is -2.85. The van der Waals surface area contributed by atoms with Crippen molar-refractivity contribution in [2.24, 2.45) is 0 Å². The predicted molar refractivity (Wildman–Crippen MR) is 219 cm³/mol. The van der Waals surface area contributed by atoms with Crippen LogP contribution in [-0.4, -0.2) is 14.1 Å². The number of pyridine rings is 1. The maximum Gasteiger partial charge on any atom is 0.268 e. The summed E-state index contributed by atoms with van der Waals surface area (Å²) in [6.07, 6.45) is 4.71. The van der Waals surface area contributed by atoms with E-state index in [1.807, 2.05) is 18.2 Å². The molecule has 0 bridgehead atoms. The molecule has 0 unspecified atom stereocenters. The number of benzene rings is 7. The van der Waals surface area contributed by atoms with Crippen LogP contribution in [0.2, 0.25) is 0 Å². The second kappa shape index (κ2) is 13.3. The number of nitrogens with zero attached hydrogens (tertiary/aromatic N) is 4. The van der Waals surface area contributed by atoms with E-state index in [0.29, 0.717) is 50.0 Å². The molecule has 0 atom stereocenters. The van der Waals surface area contributed by atoms with Crippen LogP contribution in [0.4, 0.5) is 0 Å². The van der Waals surface area contributed by atoms with Gasteiger partial charge in [0.25, 0.3) is 6.33 Å². The van der Waals surface area contributed by atoms with E-state index in [4.69, 9.17) is 18.4 Å². The maximum absolute atomic E-state index is 9.31. The van der Waals surface area contributed by atoms with Crippen molar-refractivity contribution < 1.29 is 49.6 Å². The number of hydrogen-bond acceptors (Lipinski definition) is 2. The molecule has 0 N–H and O–H groups in total. The zero-order valence-corrected chi connectivity index (χ0v) is 31.2. The molecule has 0 amide bonds. The van der Waals surface area contributed by atoms with Crippen molar-refractivity contribution in [3.05, 3.63) is 187 Å². The molecule has 11 rings (SSSR count). The summed E-state index contributed by atoms with van der Waals surface area (Å²) >= 11 is 0. The Morgan fingerprint density at radius 3 is 2.16 bits per heavy atom. The van der Waals surface area contributed by atoms with Crippen LogP contribution in [0.15, 0.2) is 158 Å². The van der Waals surface area contributed by atoms with Crippen molar-refractivity contribution in [1.29, 1.82) is 0 Å². The Morgan fingerprint density at radius 1 is 0.643 bits per heavy atom. The average molecular weight is 914 g/mol. The molecule has 4 heterocycles. The monoisotopic (exact) mass is 913 g/mol. The molecule has 0 saturated carbocycles. The first-order valence-electron chi connectivity index (χ1n) is 24.3. The summed E-state index contributed by atoms with van der Waals surface area (Å²) in [5.41, 5.74) is 2.76. The van der Waals surface area contributed by atoms with E-state index >= 15 is 0 Å². The van der Waals surface area contributed by atoms with Crippen molar-refractivity contribution in [2.75, 3.05) is 0 Å². The van der Waals surface area contributed by atoms with Crippen molar-refractivity contribution in [3.63, 3.8) is 0 Å². The van der Waals surface area contributed by atoms with Crippen molar-refractivity contribution in [2.45, 2.75) is 13.7 Å². The van der Waals surface area contributed by atoms with Crippen molar-refractivity contribution in [1.82, 2.24) is 14.1 Å². The molecule has 56 heavy (non-hydrogen) atoms. The number of aryl methyl sites for hydroxylation is 1. The summed E-state index contributed by atoms with van der Waals surface area (Å²) in [5, 5.41) is 1.42. The SMILES string of the molecule is [2H]c1c([2H])c([2H])c2c(c1[2H])-c1ccccc1-[n+]1[c-]n(-c3[c-]c(Oc4[c-]c5c(cc4)c4ccccc4n5-c4nccc(C([2H])([2H])[2H])c4C([2H])([2H])[2H])ccc3)c3cccc(c31)-c1c([2H])c([2H])c([2H])c([2H])c1-2.[Pt]. The summed E-state index contributed by atoms with van der Waals surface area (Å²) < 4.78 is 133. The molecule has 6 heteroatoms. The molecule has 270 valence electrons. The van der Waals surface area contributed by atoms with E-state index in [0.717, 1.165) is 5.39 Å². The molecule has 5 nitrogen and oxygen atoms in total. The molecule has 1 aliphatic heterocycles. The van der Waals surface area contributed by atoms with E-state index in [-0.39, 0.29) is 72.2 Å². The summed E-state index contributed by atoms with van der Waals surface area (Å²) in [5.74, 6) is 0.370. The first-order chi connectivity index (χ1) is 32.9. The average Bonchev–Trinajstić information content (AvgIpc) is 3.89. The van der Waals surface area contributed by atoms with Gasteiger partial charge in [-0.15, -0.1) is 29.7 Å². The van der Waals surface area contributed by atoms with Crippen LogP contribution < -0.4 is 9.30 Å². The minimum Gasteiger partial charge on any atom is -0.510 e. The second-order valence-electron chi connectivity index (χ2n) is 13.0. The van der Waals surface area contributed by atoms with Gasteiger partial charge in [-0.2, -0.15) is 18.2 Å². The van der Waals surface area contributed by atoms with Crippen LogP contribution in [0.25, 0.3) is 83.4 Å². The fraction of sp³-hybridized carbons (Fsp3) is 0.0400. The zero-order valence-electron chi connectivity index (χ0n) is 42.9. The van der Waals surface area contributed by atoms with E-state index < -0.39 is 61.6 Å². The van der Waals surface area contributed by atoms with Crippen LogP contribution in [0, 0.1) is 32.2 Å². The van der Waals surface area contributed by atoms with Gasteiger partial charge in [-0.1, -0.05) is 108 Å². The third kappa shape index (κ3) is 5.19. The number of rotatable bonds is 4. The predicted octanol–water partition coefficient (Wildman–Crippen LogP) is 11.5. The first kappa shape index (κ1) is 22.1. The molecule has 0 radical (unpaired) electrons. The van der Waals surface area contributed by atoms with E-state index in [1.54, 1.807) is 92.6 Å². The fourth-order valence-corrected chi connectivity index (χ4v) is 7.51. The standard InChI is InChI=1S/C50H32N4O.Pt/c1-32-27-28-51-50(33(32)2)54-46-23-10-8-20-42(46)43-26-25-36(30-48(43)54)55-35-14-11-13-34(29-35)52-31-53-45-22-9-7-19-41(45)39-17-5-3-15-37(39)38-16-4-6-18-40(38)44-21-12-24-47(52)49(44)53;/h3-28H,1-2H3;/q-2;/i1D3,2D3,3D,4D,5D,6D,15D,16D,17D,18D;. The Morgan fingerprint density at radius 2 is 1.34 bits per heavy atom. The van der Waals surface area contributed by atoms with Gasteiger partial charge in [0.05, 0.1) is 27.7 Å². The van der Waals surface area contributed by atoms with Gasteiger partial charge in [-0.3, -0.25) is 4.57 Å². The van der Waals surface area contributed by atoms with Gasteiger partial charge in [-0.25, -0.2) is 4.98 Å². The fourth-order valence-electron chi connectivity index (χ4n) is 7.51. The number of ether oxygens (including phenoxy) is 1. The first-order valence-corrected chi connectivity index (χ1v) is 17.3. The third-order valence-electron chi connectivity index (χ3n) is 9.90. The third-order valence-corrected chi connectivity index (χ3v) is 9.90. The number of aromatic nitrogens is 4. The Hall–Kier alpha value is -6.55. The Labute approximate surface area is 358 Å². The maximum atomic E-state index is 9.31. The topological polar surface area (TPSA) is 35.9 Å². The molecule has 0 saturated heterocycles. The van der Waals surface area contributed by atoms with Crippen LogP contribution in [0.3, 0.4) is 0 Å². The number of fused-ring (bicyclic) bond motifs is 10. The Balaban J connectivity index is 0.00000567. The van der Waals surface area contributed by atoms with Crippen molar-refractivity contribution in [3.8, 4) is 62.1 Å². The quantitative estimate of drug-likeness (QED) is 0.130. The summed E-state index contributed by atoms with van der Waals surface area (Å²) in [7, 11) is 0. The van der Waals surface area contributed by atoms with Gasteiger partial charge in [0, 0.05) is 52.5 Å². The molecule has 7 aromatic carbocycles. The second-order valence-corrected chi connectivity index (χ2v) is 13.0. The van der Waals surface area contributed by atoms with Crippen LogP contribution in [0.1, 0.15) is 30.3 Å². The Bertz CT molecular complexity index is 3860. The molecule has 1 aliphatic rings. The van der Waals surface area contributed by atoms with E-state index in [9.17, 15) is 5.48 Å². The Kier molecular flexibility index (Phi) is 5.26. The minimum absolute atomic E-state index is 0. The molecule has 0 fully saturated rings. The van der Waals surface area contributed by atoms with Gasteiger partial charge in [-0.05, 0) is 87.5 Å². The molecular formula is C50H32N4OPt-2. The molecular weight excluding hydrogens is 868 g/mol. The summed E-state index contributed by atoms with van der Waals surface area (Å²) in [4.78, 5) is 4.46. The van der Waals surface area contributed by atoms with Gasteiger partial charge < -0.3 is 13.9 Å². The van der Waals surface area contributed by atoms with Crippen LogP contribution >= 0.6 is 0 Å². The zero-order chi connectivity index (χ0) is 48.6. The van der Waals surface area contributed by atoms with Gasteiger partial charge in [0.1, 0.15) is 5.82 Å². The summed E-state index contributed by atoms with van der Waals surface area (Å²) in [6.45, 7) is -5.60. The van der Waals surface area contributed by atoms with Crippen LogP contribution in [-0.2, 0) is 21.1 Å². The number of hydrogen-bond donors (Lipinski definition) is 0. The number of imidazole rings is 1. The van der Waals surface area contributed by atoms with Gasteiger partial charge in [0.15, 0.2) is 0 Å². The number of para-hydroxylation sites is 3. The van der Waals surface area contributed by atoms with E-state index in [1.165, 1.54) is 12.3 Å². The molecule has 0 spiro atoms. The normalized spacial score (nSPS) is 15.6. The smallest absolute Gasteiger partial charge is 0.268 e. The largest absolute Gasteiger partial charge is 0.510 e. The molecule has 10 aromatic rings. The van der Waals surface area contributed by atoms with Crippen LogP contribution in [0.5, 0.6) is 11.5 Å².